The molecular weight excluding hydrogens is 1880 g/mol. The van der Waals surface area contributed by atoms with Crippen LogP contribution in [0.2, 0.25) is 0 Å². The average Bonchev–Trinajstić information content (AvgIpc) is 1.57. The van der Waals surface area contributed by atoms with Crippen molar-refractivity contribution in [1.82, 2.24) is 28.7 Å². The summed E-state index contributed by atoms with van der Waals surface area (Å²) in [5.41, 5.74) is 32.7. The number of amides is 4. The summed E-state index contributed by atoms with van der Waals surface area (Å²) in [5, 5.41) is 22.4. The molecule has 28 nitrogen and oxygen atoms in total. The van der Waals surface area contributed by atoms with E-state index in [-0.39, 0.29) is 94.8 Å². The number of halogens is 6. The Morgan fingerprint density at radius 1 is 0.493 bits per heavy atom. The molecule has 12 N–H and O–H groups in total. The van der Waals surface area contributed by atoms with E-state index in [9.17, 15) is 64.7 Å². The Kier molecular flexibility index (Phi) is 40.9. The van der Waals surface area contributed by atoms with Crippen molar-refractivity contribution in [3.05, 3.63) is 187 Å². The van der Waals surface area contributed by atoms with Gasteiger partial charge in [0.15, 0.2) is 28.7 Å². The number of hydrogen-bond acceptors (Lipinski definition) is 24. The number of carbonyl (C=O) groups excluding carboxylic acids is 8. The molecule has 4 heterocycles. The highest BCUT2D eigenvalue weighted by Gasteiger charge is 2.47. The van der Waals surface area contributed by atoms with Gasteiger partial charge in [0.25, 0.3) is 23.6 Å². The molecule has 5 aromatic carbocycles. The van der Waals surface area contributed by atoms with E-state index in [1.807, 2.05) is 89.2 Å². The number of methoxy groups -OCH3 is 1. The smallest absolute Gasteiger partial charge is 0.435 e. The standard InChI is InChI=1S/C26H33F3N4O3.C25H33N3O2.C24H29F3N4O2.C22H23N3O3.4CH3NS.CH4/c1-4-22(34)36-17-8-5-15(6-9-17)31-20-13-16(7-10-18(20)24(30)35)33-21-14-25(2,3)12-11-19(21)23(32-33)26(27,28)29;1-15-5-7-17(8-6-15)27-20-11-18(9-10-19(20)24(26)30)28-14-16(2)23-21(28)12-25(3,4)13-22(23)29;1-13-4-6-14(7-5-13)29-17-10-15(8-9-16(17)22(28)33)31-18-11-23(2,3)12-19(32)20(18)21(30-31)24(25,26)27;1-28-12-11-24-17-13-14(9-10-15(17)22(23)27)25-18-6-3-2-5-16(18)21-19(25)7-4-8-20(21)26;4*1-2-3;/h7,10,13,15,17,31H,4-6,8-9,11-12,14H2,1-3H3,(H2,30,35);9-11,14-15,17,27H,5-8,12-13H2,1-4H3,(H2,26,30);8-10,13-14,29H,4-7,11-12H2,1-3H3,(H2,28,33);2-3,5-6,9-10,13,24H,4,7-8,11-12H2,1H3,(H2,23,27);4*1H3;1H4. The SMILES string of the molecule is C.CC1CCC(Nc2cc(-n3nc(C(F)(F)F)c4c3CC(C)(C)CC4=O)ccc2C(N)=O)CC1.CCC(=O)OC1CCC(Nc2cc(-n3nc(C(F)(F)F)c4c3CC(C)(C)CC4)ccc2C(N)=O)CC1.CN=S.CN=S.CN=S.CN=S.COCCNc1cc(-n2c3c(c4ccccc42)C(=O)CCC3)ccc1C(N)=O.Cc1cn(-c2ccc(C(N)=O)c(NC3CCC(C)CC3)c2)c2c1C(=O)CC(C)(C)C2. The van der Waals surface area contributed by atoms with E-state index < -0.39 is 58.6 Å². The minimum absolute atomic E-state index is 0. The van der Waals surface area contributed by atoms with Crippen molar-refractivity contribution in [3.63, 3.8) is 0 Å². The summed E-state index contributed by atoms with van der Waals surface area (Å²) in [4.78, 5) is 97.7. The average molecular weight is 2010 g/mol. The van der Waals surface area contributed by atoms with Crippen LogP contribution in [0.25, 0.3) is 33.7 Å². The van der Waals surface area contributed by atoms with Gasteiger partial charge in [0.1, 0.15) is 6.10 Å². The number of rotatable bonds is 20. The summed E-state index contributed by atoms with van der Waals surface area (Å²) in [7, 11) is 7.89. The molecule has 7 aliphatic carbocycles. The molecule has 3 fully saturated rings. The molecule has 4 aromatic heterocycles. The summed E-state index contributed by atoms with van der Waals surface area (Å²) in [6.07, 6.45) is 9.79. The van der Waals surface area contributed by atoms with Gasteiger partial charge in [0.05, 0.1) is 57.0 Å². The monoisotopic (exact) mass is 2010 g/mol. The summed E-state index contributed by atoms with van der Waals surface area (Å²) in [6.45, 7) is 21.4. The minimum Gasteiger partial charge on any atom is -0.462 e. The highest BCUT2D eigenvalue weighted by molar-refractivity contribution is 7.47. The van der Waals surface area contributed by atoms with Crippen LogP contribution >= 0.6 is 0 Å². The number of nitrogens with two attached hydrogens (primary N) is 4. The van der Waals surface area contributed by atoms with Crippen molar-refractivity contribution >= 4 is 130 Å². The molecular formula is C102H134F6N18O10S4. The molecule has 0 saturated heterocycles. The Balaban J connectivity index is 0.000000220. The van der Waals surface area contributed by atoms with E-state index in [2.05, 4.69) is 142 Å². The molecule has 758 valence electrons. The Morgan fingerprint density at radius 2 is 0.900 bits per heavy atom. The van der Waals surface area contributed by atoms with Crippen LogP contribution in [0.1, 0.15) is 303 Å². The van der Waals surface area contributed by atoms with Crippen LogP contribution in [0.3, 0.4) is 0 Å². The molecule has 0 bridgehead atoms. The lowest BCUT2D eigenvalue weighted by Crippen LogP contribution is -2.31. The second kappa shape index (κ2) is 50.3. The van der Waals surface area contributed by atoms with Gasteiger partial charge in [-0.2, -0.15) is 36.5 Å². The number of esters is 1. The van der Waals surface area contributed by atoms with Gasteiger partial charge in [-0.15, -0.1) is 0 Å². The Labute approximate surface area is 837 Å². The van der Waals surface area contributed by atoms with Gasteiger partial charge in [-0.05, 0) is 241 Å². The second-order valence-corrected chi connectivity index (χ2v) is 40.1. The van der Waals surface area contributed by atoms with Gasteiger partial charge >= 0.3 is 18.3 Å². The van der Waals surface area contributed by atoms with Gasteiger partial charge in [-0.1, -0.05) is 87.9 Å². The second-order valence-electron chi connectivity index (χ2n) is 38.6. The molecule has 7 aliphatic rings. The van der Waals surface area contributed by atoms with Gasteiger partial charge in [0.2, 0.25) is 0 Å². The molecule has 4 amide bonds. The maximum atomic E-state index is 13.8. The molecule has 0 unspecified atom stereocenters. The van der Waals surface area contributed by atoms with E-state index in [0.29, 0.717) is 135 Å². The molecule has 140 heavy (non-hydrogen) atoms. The summed E-state index contributed by atoms with van der Waals surface area (Å²) in [6, 6.07) is 29.2. The third kappa shape index (κ3) is 29.1. The molecule has 9 aromatic rings. The topological polar surface area (TPSA) is 402 Å². The number of aromatic nitrogens is 6. The first-order valence-corrected chi connectivity index (χ1v) is 48.3. The van der Waals surface area contributed by atoms with E-state index in [1.54, 1.807) is 66.5 Å². The molecule has 16 rings (SSSR count). The third-order valence-electron chi connectivity index (χ3n) is 25.9. The Morgan fingerprint density at radius 3 is 1.36 bits per heavy atom. The lowest BCUT2D eigenvalue weighted by Gasteiger charge is -2.31. The van der Waals surface area contributed by atoms with Crippen LogP contribution in [0.15, 0.2) is 121 Å². The van der Waals surface area contributed by atoms with Crippen molar-refractivity contribution in [1.29, 1.82) is 0 Å². The molecule has 3 saturated carbocycles. The van der Waals surface area contributed by atoms with E-state index >= 15 is 0 Å². The fourth-order valence-electron chi connectivity index (χ4n) is 19.3. The van der Waals surface area contributed by atoms with Gasteiger partial charge in [0, 0.05) is 215 Å². The highest BCUT2D eigenvalue weighted by atomic mass is 32.1. The normalized spacial score (nSPS) is 18.9. The van der Waals surface area contributed by atoms with Crippen molar-refractivity contribution in [2.24, 2.45) is 68.5 Å². The number of Topliss-reactive ketones (excluding diaryl/α,β-unsaturated/α-hetero) is 3. The minimum atomic E-state index is -4.75. The van der Waals surface area contributed by atoms with Gasteiger partial charge < -0.3 is 62.8 Å². The maximum Gasteiger partial charge on any atom is 0.435 e. The fraction of sp³-hybridized carbons (Fsp3) is 0.510. The predicted molar refractivity (Wildman–Crippen MR) is 547 cm³/mol. The number of benzene rings is 5. The molecule has 0 aliphatic heterocycles. The number of carbonyl (C=O) groups is 8. The number of ether oxygens (including phenoxy) is 2. The first-order valence-electron chi connectivity index (χ1n) is 46.8. The van der Waals surface area contributed by atoms with Crippen LogP contribution in [0, 0.1) is 35.0 Å². The number of fused-ring (bicyclic) bond motifs is 6. The van der Waals surface area contributed by atoms with Crippen molar-refractivity contribution in [2.75, 3.05) is 69.7 Å². The van der Waals surface area contributed by atoms with E-state index in [4.69, 9.17) is 32.4 Å². The van der Waals surface area contributed by atoms with Gasteiger partial charge in [-0.25, -0.2) is 26.8 Å². The predicted octanol–water partition coefficient (Wildman–Crippen LogP) is 20.7. The molecule has 0 radical (unpaired) electrons. The van der Waals surface area contributed by atoms with E-state index in [0.717, 1.165) is 120 Å². The number of alkyl halides is 6. The zero-order valence-electron chi connectivity index (χ0n) is 81.7. The number of nitrogens with one attached hydrogen (secondary N) is 4. The Hall–Kier alpha value is -11.5. The molecule has 38 heteroatoms. The highest BCUT2D eigenvalue weighted by Crippen LogP contribution is 2.47. The number of anilines is 4. The van der Waals surface area contributed by atoms with E-state index in [1.165, 1.54) is 40.4 Å². The third-order valence-corrected chi connectivity index (χ3v) is 25.9. The number of hydrogen-bond donors (Lipinski definition) is 8. The van der Waals surface area contributed by atoms with Crippen molar-refractivity contribution in [2.45, 2.75) is 261 Å². The van der Waals surface area contributed by atoms with Crippen LogP contribution < -0.4 is 44.2 Å². The molecule has 0 spiro atoms. The van der Waals surface area contributed by atoms with Crippen LogP contribution in [-0.4, -0.2) is 148 Å². The largest absolute Gasteiger partial charge is 0.462 e. The summed E-state index contributed by atoms with van der Waals surface area (Å²) < 4.78 is 112. The number of nitrogens with zero attached hydrogens (tertiary/aromatic N) is 10. The summed E-state index contributed by atoms with van der Waals surface area (Å²) >= 11 is 16.1. The van der Waals surface area contributed by atoms with Crippen LogP contribution in [0.5, 0.6) is 0 Å². The first-order chi connectivity index (χ1) is 65.6. The zero-order valence-corrected chi connectivity index (χ0v) is 85.0. The van der Waals surface area contributed by atoms with Crippen LogP contribution in [0.4, 0.5) is 49.1 Å². The lowest BCUT2D eigenvalue weighted by molar-refractivity contribution is -0.150. The van der Waals surface area contributed by atoms with Crippen LogP contribution in [-0.2, 0) is 108 Å². The number of primary amides is 4. The van der Waals surface area contributed by atoms with Crippen molar-refractivity contribution in [3.8, 4) is 22.7 Å². The maximum absolute atomic E-state index is 13.8. The Bertz CT molecular complexity index is 5930. The quantitative estimate of drug-likeness (QED) is 0.0200. The number of aryl methyl sites for hydroxylation is 1. The molecule has 0 atom stereocenters. The fourth-order valence-corrected chi connectivity index (χ4v) is 19.3. The summed E-state index contributed by atoms with van der Waals surface area (Å²) in [5.74, 6) is -1.11. The number of ketones is 3. The first kappa shape index (κ1) is 114. The number of para-hydroxylation sites is 1. The van der Waals surface area contributed by atoms with Crippen molar-refractivity contribution < 1.29 is 74.2 Å². The zero-order chi connectivity index (χ0) is 103. The van der Waals surface area contributed by atoms with Gasteiger partial charge in [-0.3, -0.25) is 38.4 Å². The lowest BCUT2D eigenvalue weighted by atomic mass is 9.75.